The number of likely N-dealkylation sites (N-methyl/N-ethyl adjacent to an activating group) is 1. The van der Waals surface area contributed by atoms with Gasteiger partial charge >= 0.3 is 12.1 Å². The number of halogens is 3. The molecule has 3 heterocycles. The third-order valence-corrected chi connectivity index (χ3v) is 8.38. The van der Waals surface area contributed by atoms with Gasteiger partial charge in [0.2, 0.25) is 5.91 Å². The Morgan fingerprint density at radius 2 is 1.63 bits per heavy atom. The van der Waals surface area contributed by atoms with E-state index in [1.54, 1.807) is 38.4 Å². The van der Waals surface area contributed by atoms with Gasteiger partial charge in [-0.3, -0.25) is 4.79 Å². The van der Waals surface area contributed by atoms with Crippen molar-refractivity contribution in [2.24, 2.45) is 0 Å². The van der Waals surface area contributed by atoms with Gasteiger partial charge in [-0.1, -0.05) is 54.6 Å². The molecule has 1 N–H and O–H groups in total. The number of hydrogen-bond acceptors (Lipinski definition) is 4. The summed E-state index contributed by atoms with van der Waals surface area (Å²) in [6.07, 6.45) is -4.46. The van der Waals surface area contributed by atoms with Crippen LogP contribution in [0.4, 0.5) is 13.2 Å². The number of carbonyl (C=O) groups excluding carboxylic acids is 1. The molecule has 216 valence electrons. The third kappa shape index (κ3) is 5.25. The number of carboxylic acids is 1. The van der Waals surface area contributed by atoms with E-state index < -0.39 is 17.7 Å². The van der Waals surface area contributed by atoms with Crippen LogP contribution in [0.3, 0.4) is 0 Å². The zero-order valence-corrected chi connectivity index (χ0v) is 23.8. The third-order valence-electron chi connectivity index (χ3n) is 7.25. The Morgan fingerprint density at radius 3 is 2.33 bits per heavy atom. The largest absolute Gasteiger partial charge is 0.477 e. The number of carboxylic acid groups (broad SMARTS) is 1. The number of carbonyl (C=O) groups is 2. The first-order chi connectivity index (χ1) is 20.5. The Bertz CT molecular complexity index is 2030. The van der Waals surface area contributed by atoms with Gasteiger partial charge in [0.15, 0.2) is 0 Å². The van der Waals surface area contributed by atoms with Gasteiger partial charge in [-0.05, 0) is 47.5 Å². The van der Waals surface area contributed by atoms with Crippen LogP contribution >= 0.6 is 11.3 Å². The lowest BCUT2D eigenvalue weighted by Gasteiger charge is -2.16. The van der Waals surface area contributed by atoms with E-state index in [9.17, 15) is 27.9 Å². The highest BCUT2D eigenvalue weighted by molar-refractivity contribution is 7.21. The summed E-state index contributed by atoms with van der Waals surface area (Å²) in [6, 6.07) is 25.4. The molecule has 0 atom stereocenters. The van der Waals surface area contributed by atoms with Crippen LogP contribution in [-0.4, -0.2) is 45.5 Å². The molecule has 0 fully saturated rings. The average molecular weight is 600 g/mol. The number of benzene rings is 3. The van der Waals surface area contributed by atoms with Crippen molar-refractivity contribution in [3.8, 4) is 33.6 Å². The maximum Gasteiger partial charge on any atom is 0.416 e. The minimum atomic E-state index is -4.46. The molecule has 3 aromatic carbocycles. The van der Waals surface area contributed by atoms with Crippen molar-refractivity contribution in [2.75, 3.05) is 14.1 Å². The summed E-state index contributed by atoms with van der Waals surface area (Å²) in [6.45, 7) is -0.00771. The van der Waals surface area contributed by atoms with Crippen LogP contribution in [0.15, 0.2) is 91.0 Å². The van der Waals surface area contributed by atoms with E-state index in [1.807, 2.05) is 53.1 Å². The molecule has 0 unspecified atom stereocenters. The zero-order valence-electron chi connectivity index (χ0n) is 23.0. The van der Waals surface area contributed by atoms with E-state index in [0.717, 1.165) is 55.9 Å². The van der Waals surface area contributed by atoms with Gasteiger partial charge in [0.1, 0.15) is 11.4 Å². The van der Waals surface area contributed by atoms with Crippen LogP contribution in [0.2, 0.25) is 0 Å². The van der Waals surface area contributed by atoms with Crippen LogP contribution in [-0.2, 0) is 17.5 Å². The first-order valence-corrected chi connectivity index (χ1v) is 14.1. The molecule has 0 aliphatic rings. The van der Waals surface area contributed by atoms with E-state index in [0.29, 0.717) is 22.3 Å². The molecule has 0 bridgehead atoms. The molecule has 0 saturated carbocycles. The van der Waals surface area contributed by atoms with Gasteiger partial charge in [-0.15, -0.1) is 11.3 Å². The lowest BCUT2D eigenvalue weighted by molar-refractivity contribution is -0.137. The highest BCUT2D eigenvalue weighted by Crippen LogP contribution is 2.45. The van der Waals surface area contributed by atoms with E-state index in [2.05, 4.69) is 4.98 Å². The molecular formula is C33H24F3N3O3S. The standard InChI is InChI=1S/C33H24F3N3O3S/c1-38(2)28(40)18-39-26-17-27(32(41)42)43-31(26)29(19-7-4-3-5-8-19)30(39)22-12-14-25-21(15-22)11-13-24(37-25)20-9-6-10-23(16-20)33(34,35)36/h3-17H,18H2,1-2H3,(H,41,42). The highest BCUT2D eigenvalue weighted by atomic mass is 32.1. The van der Waals surface area contributed by atoms with E-state index in [4.69, 9.17) is 0 Å². The number of fused-ring (bicyclic) bond motifs is 2. The van der Waals surface area contributed by atoms with E-state index in [-0.39, 0.29) is 17.3 Å². The van der Waals surface area contributed by atoms with Crippen LogP contribution < -0.4 is 0 Å². The van der Waals surface area contributed by atoms with Crippen molar-refractivity contribution in [2.45, 2.75) is 12.7 Å². The SMILES string of the molecule is CN(C)C(=O)Cn1c(-c2ccc3nc(-c4cccc(C(F)(F)F)c4)ccc3c2)c(-c2ccccc2)c2sc(C(=O)O)cc21. The Balaban J connectivity index is 1.55. The maximum absolute atomic E-state index is 13.3. The normalized spacial score (nSPS) is 11.7. The van der Waals surface area contributed by atoms with Crippen LogP contribution in [0, 0.1) is 0 Å². The first-order valence-electron chi connectivity index (χ1n) is 13.2. The van der Waals surface area contributed by atoms with E-state index in [1.165, 1.54) is 11.0 Å². The fourth-order valence-electron chi connectivity index (χ4n) is 5.13. The van der Waals surface area contributed by atoms with Crippen LogP contribution in [0.25, 0.3) is 54.8 Å². The lowest BCUT2D eigenvalue weighted by atomic mass is 9.99. The second-order valence-corrected chi connectivity index (χ2v) is 11.3. The summed E-state index contributed by atoms with van der Waals surface area (Å²) in [4.78, 5) is 31.2. The van der Waals surface area contributed by atoms with Crippen molar-refractivity contribution in [3.63, 3.8) is 0 Å². The monoisotopic (exact) mass is 599 g/mol. The molecule has 10 heteroatoms. The van der Waals surface area contributed by atoms with Crippen molar-refractivity contribution in [1.29, 1.82) is 0 Å². The summed E-state index contributed by atoms with van der Waals surface area (Å²) in [5.41, 5.74) is 4.49. The highest BCUT2D eigenvalue weighted by Gasteiger charge is 2.30. The van der Waals surface area contributed by atoms with Crippen LogP contribution in [0.1, 0.15) is 15.2 Å². The smallest absolute Gasteiger partial charge is 0.416 e. The summed E-state index contributed by atoms with van der Waals surface area (Å²) >= 11 is 1.16. The van der Waals surface area contributed by atoms with Gasteiger partial charge in [0.25, 0.3) is 0 Å². The van der Waals surface area contributed by atoms with Gasteiger partial charge in [0.05, 0.1) is 32.7 Å². The quantitative estimate of drug-likeness (QED) is 0.210. The molecule has 3 aromatic heterocycles. The van der Waals surface area contributed by atoms with Gasteiger partial charge in [-0.25, -0.2) is 9.78 Å². The number of thiophene rings is 1. The molecule has 1 amide bonds. The Morgan fingerprint density at radius 1 is 0.884 bits per heavy atom. The Hall–Kier alpha value is -4.96. The molecule has 0 radical (unpaired) electrons. The summed E-state index contributed by atoms with van der Waals surface area (Å²) in [7, 11) is 3.33. The molecule has 6 nitrogen and oxygen atoms in total. The Kier molecular flexibility index (Phi) is 7.01. The molecule has 0 spiro atoms. The lowest BCUT2D eigenvalue weighted by Crippen LogP contribution is -2.26. The summed E-state index contributed by atoms with van der Waals surface area (Å²) < 4.78 is 42.5. The molecule has 0 aliphatic carbocycles. The van der Waals surface area contributed by atoms with Gasteiger partial charge in [0, 0.05) is 30.6 Å². The number of hydrogen-bond donors (Lipinski definition) is 1. The number of nitrogens with zero attached hydrogens (tertiary/aromatic N) is 3. The number of aromatic carboxylic acids is 1. The molecule has 0 saturated heterocycles. The Labute approximate surface area is 248 Å². The predicted octanol–water partition coefficient (Wildman–Crippen LogP) is 8.06. The molecule has 6 aromatic rings. The predicted molar refractivity (Wildman–Crippen MR) is 162 cm³/mol. The first kappa shape index (κ1) is 28.2. The maximum atomic E-state index is 13.3. The average Bonchev–Trinajstić information content (AvgIpc) is 3.55. The van der Waals surface area contributed by atoms with Crippen molar-refractivity contribution in [3.05, 3.63) is 101 Å². The second kappa shape index (κ2) is 10.7. The van der Waals surface area contributed by atoms with Crippen molar-refractivity contribution in [1.82, 2.24) is 14.5 Å². The fourth-order valence-corrected chi connectivity index (χ4v) is 6.20. The number of rotatable bonds is 6. The van der Waals surface area contributed by atoms with Gasteiger partial charge in [-0.2, -0.15) is 13.2 Å². The molecule has 6 rings (SSSR count). The summed E-state index contributed by atoms with van der Waals surface area (Å²) in [5.74, 6) is -1.20. The second-order valence-electron chi connectivity index (χ2n) is 10.3. The van der Waals surface area contributed by atoms with Crippen molar-refractivity contribution < 1.29 is 27.9 Å². The molecule has 43 heavy (non-hydrogen) atoms. The number of aromatic nitrogens is 2. The fraction of sp³-hybridized carbons (Fsp3) is 0.121. The minimum absolute atomic E-state index is 0.00771. The molecular weight excluding hydrogens is 575 g/mol. The summed E-state index contributed by atoms with van der Waals surface area (Å²) in [5, 5.41) is 10.5. The topological polar surface area (TPSA) is 75.4 Å². The number of alkyl halides is 3. The zero-order chi connectivity index (χ0) is 30.5. The van der Waals surface area contributed by atoms with E-state index >= 15 is 0 Å². The number of pyridine rings is 1. The minimum Gasteiger partial charge on any atom is -0.477 e. The van der Waals surface area contributed by atoms with Crippen molar-refractivity contribution >= 4 is 44.3 Å². The number of amides is 1. The molecule has 0 aliphatic heterocycles. The van der Waals surface area contributed by atoms with Crippen LogP contribution in [0.5, 0.6) is 0 Å². The van der Waals surface area contributed by atoms with Gasteiger partial charge < -0.3 is 14.6 Å².